The van der Waals surface area contributed by atoms with Gasteiger partial charge in [-0.2, -0.15) is 0 Å². The quantitative estimate of drug-likeness (QED) is 0.219. The van der Waals surface area contributed by atoms with E-state index in [4.69, 9.17) is 4.99 Å². The summed E-state index contributed by atoms with van der Waals surface area (Å²) in [5.41, 5.74) is 0. The number of rotatable bonds is 10. The number of aliphatic imine (C=N–C) groups is 1. The number of nitrogens with zero attached hydrogens (tertiary/aromatic N) is 4. The summed E-state index contributed by atoms with van der Waals surface area (Å²) in [7, 11) is 4.19. The number of nitrogens with one attached hydrogen (secondary N) is 1. The number of likely N-dealkylation sites (N-methyl/N-ethyl adjacent to an activating group) is 2. The van der Waals surface area contributed by atoms with Gasteiger partial charge < -0.3 is 20.0 Å². The third-order valence-corrected chi connectivity index (χ3v) is 5.31. The van der Waals surface area contributed by atoms with Crippen LogP contribution in [0.3, 0.4) is 0 Å². The standard InChI is InChI=1S/C20H41N5O.HI/c1-6-21-20(24(5)17-19(26)25(7-2)8-3)22-15-12-16-23(4)18-13-10-9-11-14-18;/h18H,6-17H2,1-5H3,(H,21,22);1H. The number of amides is 1. The first-order chi connectivity index (χ1) is 12.5. The average molecular weight is 495 g/mol. The van der Waals surface area contributed by atoms with Gasteiger partial charge in [0.2, 0.25) is 5.91 Å². The molecule has 1 fully saturated rings. The van der Waals surface area contributed by atoms with Crippen molar-refractivity contribution in [1.29, 1.82) is 0 Å². The van der Waals surface area contributed by atoms with Crippen molar-refractivity contribution in [2.45, 2.75) is 65.3 Å². The van der Waals surface area contributed by atoms with Crippen LogP contribution in [0.5, 0.6) is 0 Å². The molecule has 0 unspecified atom stereocenters. The third kappa shape index (κ3) is 9.96. The molecule has 1 aliphatic carbocycles. The van der Waals surface area contributed by atoms with Crippen molar-refractivity contribution >= 4 is 35.8 Å². The molecule has 0 aromatic rings. The summed E-state index contributed by atoms with van der Waals surface area (Å²) in [5.74, 6) is 0.980. The van der Waals surface area contributed by atoms with Crippen molar-refractivity contribution in [2.75, 3.05) is 53.4 Å². The molecule has 1 amide bonds. The van der Waals surface area contributed by atoms with E-state index >= 15 is 0 Å². The molecule has 0 saturated heterocycles. The first-order valence-corrected chi connectivity index (χ1v) is 10.5. The summed E-state index contributed by atoms with van der Waals surface area (Å²) in [5, 5.41) is 3.31. The van der Waals surface area contributed by atoms with E-state index in [1.807, 2.05) is 30.7 Å². The van der Waals surface area contributed by atoms with Crippen molar-refractivity contribution in [3.8, 4) is 0 Å². The van der Waals surface area contributed by atoms with Gasteiger partial charge in [-0.15, -0.1) is 24.0 Å². The number of carbonyl (C=O) groups is 1. The van der Waals surface area contributed by atoms with Crippen LogP contribution >= 0.6 is 24.0 Å². The number of hydrogen-bond acceptors (Lipinski definition) is 3. The molecule has 0 aliphatic heterocycles. The van der Waals surface area contributed by atoms with Gasteiger partial charge in [-0.05, 0) is 53.6 Å². The molecule has 0 atom stereocenters. The van der Waals surface area contributed by atoms with Crippen molar-refractivity contribution in [3.05, 3.63) is 0 Å². The lowest BCUT2D eigenvalue weighted by Crippen LogP contribution is -2.45. The zero-order valence-corrected chi connectivity index (χ0v) is 20.5. The number of carbonyl (C=O) groups excluding carboxylic acids is 1. The summed E-state index contributed by atoms with van der Waals surface area (Å²) in [4.78, 5) is 23.4. The van der Waals surface area contributed by atoms with Crippen LogP contribution in [0.2, 0.25) is 0 Å². The molecule has 0 spiro atoms. The van der Waals surface area contributed by atoms with Crippen molar-refractivity contribution < 1.29 is 4.79 Å². The second kappa shape index (κ2) is 15.4. The SMILES string of the molecule is CCNC(=NCCCN(C)C1CCCCC1)N(C)CC(=O)N(CC)CC.I. The van der Waals surface area contributed by atoms with Gasteiger partial charge in [0.25, 0.3) is 0 Å². The molecular formula is C20H42IN5O. The van der Waals surface area contributed by atoms with E-state index in [9.17, 15) is 4.79 Å². The summed E-state index contributed by atoms with van der Waals surface area (Å²) < 4.78 is 0. The normalized spacial score (nSPS) is 15.4. The molecule has 27 heavy (non-hydrogen) atoms. The van der Waals surface area contributed by atoms with Crippen LogP contribution in [0, 0.1) is 0 Å². The van der Waals surface area contributed by atoms with Gasteiger partial charge in [-0.3, -0.25) is 9.79 Å². The topological polar surface area (TPSA) is 51.2 Å². The van der Waals surface area contributed by atoms with Gasteiger partial charge in [0, 0.05) is 39.3 Å². The number of halogens is 1. The maximum Gasteiger partial charge on any atom is 0.242 e. The van der Waals surface area contributed by atoms with Crippen molar-refractivity contribution in [1.82, 2.24) is 20.0 Å². The molecule has 0 aromatic heterocycles. The highest BCUT2D eigenvalue weighted by atomic mass is 127. The summed E-state index contributed by atoms with van der Waals surface area (Å²) in [6.07, 6.45) is 7.91. The Morgan fingerprint density at radius 1 is 1.07 bits per heavy atom. The summed E-state index contributed by atoms with van der Waals surface area (Å²) >= 11 is 0. The van der Waals surface area contributed by atoms with Crippen LogP contribution in [-0.4, -0.2) is 86.0 Å². The van der Waals surface area contributed by atoms with E-state index in [-0.39, 0.29) is 29.9 Å². The first-order valence-electron chi connectivity index (χ1n) is 10.5. The minimum absolute atomic E-state index is 0. The zero-order chi connectivity index (χ0) is 19.4. The Balaban J connectivity index is 0.00000676. The molecule has 0 heterocycles. The predicted molar refractivity (Wildman–Crippen MR) is 126 cm³/mol. The summed E-state index contributed by atoms with van der Waals surface area (Å²) in [6, 6.07) is 0.760. The fourth-order valence-electron chi connectivity index (χ4n) is 3.63. The second-order valence-corrected chi connectivity index (χ2v) is 7.28. The Bertz CT molecular complexity index is 423. The van der Waals surface area contributed by atoms with Gasteiger partial charge in [0.15, 0.2) is 5.96 Å². The van der Waals surface area contributed by atoms with E-state index in [1.54, 1.807) is 0 Å². The minimum Gasteiger partial charge on any atom is -0.357 e. The molecule has 1 saturated carbocycles. The van der Waals surface area contributed by atoms with E-state index < -0.39 is 0 Å². The van der Waals surface area contributed by atoms with Crippen LogP contribution in [0.25, 0.3) is 0 Å². The van der Waals surface area contributed by atoms with E-state index in [0.717, 1.165) is 51.1 Å². The maximum atomic E-state index is 12.3. The molecule has 1 aliphatic rings. The van der Waals surface area contributed by atoms with E-state index in [0.29, 0.717) is 6.54 Å². The Morgan fingerprint density at radius 2 is 1.70 bits per heavy atom. The highest BCUT2D eigenvalue weighted by Crippen LogP contribution is 2.21. The molecule has 1 N–H and O–H groups in total. The predicted octanol–water partition coefficient (Wildman–Crippen LogP) is 3.02. The lowest BCUT2D eigenvalue weighted by Gasteiger charge is -2.31. The molecule has 6 nitrogen and oxygen atoms in total. The highest BCUT2D eigenvalue weighted by molar-refractivity contribution is 14.0. The maximum absolute atomic E-state index is 12.3. The fraction of sp³-hybridized carbons (Fsp3) is 0.900. The smallest absolute Gasteiger partial charge is 0.242 e. The lowest BCUT2D eigenvalue weighted by atomic mass is 9.94. The Morgan fingerprint density at radius 3 is 2.26 bits per heavy atom. The highest BCUT2D eigenvalue weighted by Gasteiger charge is 2.17. The largest absolute Gasteiger partial charge is 0.357 e. The van der Waals surface area contributed by atoms with Gasteiger partial charge >= 0.3 is 0 Å². The Labute approximate surface area is 184 Å². The molecular weight excluding hydrogens is 453 g/mol. The molecule has 0 aromatic carbocycles. The van der Waals surface area contributed by atoms with E-state index in [2.05, 4.69) is 24.2 Å². The fourth-order valence-corrected chi connectivity index (χ4v) is 3.63. The van der Waals surface area contributed by atoms with Crippen LogP contribution in [0.15, 0.2) is 4.99 Å². The van der Waals surface area contributed by atoms with Crippen LogP contribution in [-0.2, 0) is 4.79 Å². The van der Waals surface area contributed by atoms with Gasteiger partial charge in [-0.25, -0.2) is 0 Å². The molecule has 7 heteroatoms. The molecule has 0 bridgehead atoms. The number of hydrogen-bond donors (Lipinski definition) is 1. The van der Waals surface area contributed by atoms with E-state index in [1.165, 1.54) is 32.1 Å². The van der Waals surface area contributed by atoms with Gasteiger partial charge in [0.05, 0.1) is 6.54 Å². The van der Waals surface area contributed by atoms with Crippen molar-refractivity contribution in [2.24, 2.45) is 4.99 Å². The van der Waals surface area contributed by atoms with Crippen molar-refractivity contribution in [3.63, 3.8) is 0 Å². The van der Waals surface area contributed by atoms with Crippen LogP contribution in [0.4, 0.5) is 0 Å². The van der Waals surface area contributed by atoms with Gasteiger partial charge in [-0.1, -0.05) is 19.3 Å². The summed E-state index contributed by atoms with van der Waals surface area (Å²) in [6.45, 7) is 10.7. The first kappa shape index (κ1) is 26.4. The second-order valence-electron chi connectivity index (χ2n) is 7.28. The third-order valence-electron chi connectivity index (χ3n) is 5.31. The zero-order valence-electron chi connectivity index (χ0n) is 18.2. The lowest BCUT2D eigenvalue weighted by molar-refractivity contribution is -0.131. The van der Waals surface area contributed by atoms with Gasteiger partial charge in [0.1, 0.15) is 0 Å². The molecule has 1 rings (SSSR count). The average Bonchev–Trinajstić information content (AvgIpc) is 2.65. The Kier molecular flexibility index (Phi) is 15.0. The molecule has 160 valence electrons. The number of guanidine groups is 1. The van der Waals surface area contributed by atoms with Crippen LogP contribution in [0.1, 0.15) is 59.3 Å². The molecule has 0 radical (unpaired) electrons. The Hall–Kier alpha value is -0.570. The minimum atomic E-state index is 0. The van der Waals surface area contributed by atoms with Crippen LogP contribution < -0.4 is 5.32 Å². The monoisotopic (exact) mass is 495 g/mol.